The predicted octanol–water partition coefficient (Wildman–Crippen LogP) is 2.96. The maximum absolute atomic E-state index is 6.14. The number of nitrogens with two attached hydrogens (primary N) is 1. The molecule has 0 spiro atoms. The van der Waals surface area contributed by atoms with E-state index < -0.39 is 0 Å². The SMILES string of the molecule is NCCCCc1cn(-c2cc(Br)ccc2Cl)nn1. The van der Waals surface area contributed by atoms with Crippen molar-refractivity contribution in [3.05, 3.63) is 39.6 Å². The molecule has 2 rings (SSSR count). The Morgan fingerprint density at radius 1 is 1.33 bits per heavy atom. The molecule has 2 aromatic rings. The lowest BCUT2D eigenvalue weighted by atomic mass is 10.2. The molecule has 0 saturated heterocycles. The highest BCUT2D eigenvalue weighted by Gasteiger charge is 2.07. The molecule has 1 heterocycles. The van der Waals surface area contributed by atoms with Gasteiger partial charge in [-0.15, -0.1) is 5.10 Å². The molecular formula is C12H14BrClN4. The van der Waals surface area contributed by atoms with E-state index in [1.54, 1.807) is 4.68 Å². The second-order valence-corrected chi connectivity index (χ2v) is 5.32. The fourth-order valence-electron chi connectivity index (χ4n) is 1.64. The molecule has 0 fully saturated rings. The minimum Gasteiger partial charge on any atom is -0.330 e. The molecule has 4 nitrogen and oxygen atoms in total. The van der Waals surface area contributed by atoms with E-state index >= 15 is 0 Å². The third-order valence-corrected chi connectivity index (χ3v) is 3.40. The third-order valence-electron chi connectivity index (χ3n) is 2.58. The minimum atomic E-state index is 0.650. The molecule has 96 valence electrons. The highest BCUT2D eigenvalue weighted by Crippen LogP contribution is 2.24. The quantitative estimate of drug-likeness (QED) is 0.858. The number of aryl methyl sites for hydroxylation is 1. The van der Waals surface area contributed by atoms with Gasteiger partial charge in [0.05, 0.1) is 22.6 Å². The monoisotopic (exact) mass is 328 g/mol. The summed E-state index contributed by atoms with van der Waals surface area (Å²) in [7, 11) is 0. The molecule has 1 aromatic heterocycles. The molecule has 1 aromatic carbocycles. The number of aromatic nitrogens is 3. The standard InChI is InChI=1S/C12H14BrClN4/c13-9-4-5-11(14)12(7-9)18-8-10(16-17-18)3-1-2-6-15/h4-5,7-8H,1-3,6,15H2. The topological polar surface area (TPSA) is 56.7 Å². The van der Waals surface area contributed by atoms with Crippen molar-refractivity contribution >= 4 is 27.5 Å². The summed E-state index contributed by atoms with van der Waals surface area (Å²) in [6.07, 6.45) is 4.83. The fraction of sp³-hybridized carbons (Fsp3) is 0.333. The molecule has 0 aliphatic carbocycles. The molecule has 0 amide bonds. The molecule has 0 unspecified atom stereocenters. The Morgan fingerprint density at radius 3 is 2.94 bits per heavy atom. The highest BCUT2D eigenvalue weighted by atomic mass is 79.9. The number of hydrogen-bond donors (Lipinski definition) is 1. The molecule has 18 heavy (non-hydrogen) atoms. The van der Waals surface area contributed by atoms with Gasteiger partial charge in [0, 0.05) is 4.47 Å². The average molecular weight is 330 g/mol. The van der Waals surface area contributed by atoms with Crippen molar-refractivity contribution < 1.29 is 0 Å². The molecule has 0 atom stereocenters. The van der Waals surface area contributed by atoms with Crippen LogP contribution in [0.4, 0.5) is 0 Å². The smallest absolute Gasteiger partial charge is 0.0861 e. The van der Waals surface area contributed by atoms with Crippen molar-refractivity contribution in [1.82, 2.24) is 15.0 Å². The van der Waals surface area contributed by atoms with Crippen molar-refractivity contribution in [2.45, 2.75) is 19.3 Å². The van der Waals surface area contributed by atoms with Crippen LogP contribution in [-0.4, -0.2) is 21.5 Å². The zero-order chi connectivity index (χ0) is 13.0. The first-order chi connectivity index (χ1) is 8.70. The number of hydrogen-bond acceptors (Lipinski definition) is 3. The second-order valence-electron chi connectivity index (χ2n) is 4.00. The molecule has 0 aliphatic heterocycles. The van der Waals surface area contributed by atoms with Gasteiger partial charge in [0.1, 0.15) is 0 Å². The van der Waals surface area contributed by atoms with Gasteiger partial charge in [0.2, 0.25) is 0 Å². The highest BCUT2D eigenvalue weighted by molar-refractivity contribution is 9.10. The summed E-state index contributed by atoms with van der Waals surface area (Å²) in [6.45, 7) is 0.714. The summed E-state index contributed by atoms with van der Waals surface area (Å²) < 4.78 is 2.66. The second kappa shape index (κ2) is 6.31. The van der Waals surface area contributed by atoms with E-state index in [9.17, 15) is 0 Å². The first kappa shape index (κ1) is 13.5. The van der Waals surface area contributed by atoms with E-state index in [-0.39, 0.29) is 0 Å². The van der Waals surface area contributed by atoms with Gasteiger partial charge in [0.15, 0.2) is 0 Å². The Balaban J connectivity index is 2.16. The summed E-state index contributed by atoms with van der Waals surface area (Å²) in [6, 6.07) is 5.64. The predicted molar refractivity (Wildman–Crippen MR) is 76.1 cm³/mol. The third kappa shape index (κ3) is 3.31. The normalized spacial score (nSPS) is 10.8. The minimum absolute atomic E-state index is 0.650. The van der Waals surface area contributed by atoms with Crippen LogP contribution in [0.15, 0.2) is 28.9 Å². The van der Waals surface area contributed by atoms with Crippen LogP contribution in [0.2, 0.25) is 5.02 Å². The lowest BCUT2D eigenvalue weighted by Gasteiger charge is -2.03. The zero-order valence-electron chi connectivity index (χ0n) is 9.81. The molecule has 0 aliphatic rings. The van der Waals surface area contributed by atoms with Crippen LogP contribution < -0.4 is 5.73 Å². The van der Waals surface area contributed by atoms with Gasteiger partial charge in [-0.05, 0) is 44.0 Å². The number of nitrogens with zero attached hydrogens (tertiary/aromatic N) is 3. The first-order valence-electron chi connectivity index (χ1n) is 5.77. The number of rotatable bonds is 5. The Kier molecular flexibility index (Phi) is 4.74. The van der Waals surface area contributed by atoms with Crippen molar-refractivity contribution in [3.63, 3.8) is 0 Å². The average Bonchev–Trinajstić information content (AvgIpc) is 2.81. The Bertz CT molecular complexity index is 527. The number of benzene rings is 1. The summed E-state index contributed by atoms with van der Waals surface area (Å²) in [5.74, 6) is 0. The van der Waals surface area contributed by atoms with Crippen molar-refractivity contribution in [1.29, 1.82) is 0 Å². The Morgan fingerprint density at radius 2 is 2.17 bits per heavy atom. The summed E-state index contributed by atoms with van der Waals surface area (Å²) >= 11 is 9.56. The van der Waals surface area contributed by atoms with Gasteiger partial charge >= 0.3 is 0 Å². The van der Waals surface area contributed by atoms with Crippen LogP contribution in [0.1, 0.15) is 18.5 Å². The lowest BCUT2D eigenvalue weighted by molar-refractivity contribution is 0.727. The molecular weight excluding hydrogens is 316 g/mol. The van der Waals surface area contributed by atoms with Crippen molar-refractivity contribution in [3.8, 4) is 5.69 Å². The molecule has 6 heteroatoms. The van der Waals surface area contributed by atoms with E-state index in [4.69, 9.17) is 17.3 Å². The largest absolute Gasteiger partial charge is 0.330 e. The Labute approximate surface area is 119 Å². The number of unbranched alkanes of at least 4 members (excludes halogenated alkanes) is 1. The van der Waals surface area contributed by atoms with Crippen molar-refractivity contribution in [2.24, 2.45) is 5.73 Å². The lowest BCUT2D eigenvalue weighted by Crippen LogP contribution is -1.99. The summed E-state index contributed by atoms with van der Waals surface area (Å²) in [5.41, 5.74) is 7.24. The zero-order valence-corrected chi connectivity index (χ0v) is 12.2. The molecule has 0 bridgehead atoms. The molecule has 0 saturated carbocycles. The first-order valence-corrected chi connectivity index (χ1v) is 6.94. The van der Waals surface area contributed by atoms with E-state index in [0.29, 0.717) is 11.6 Å². The van der Waals surface area contributed by atoms with Gasteiger partial charge < -0.3 is 5.73 Å². The fourth-order valence-corrected chi connectivity index (χ4v) is 2.20. The van der Waals surface area contributed by atoms with E-state index in [1.807, 2.05) is 24.4 Å². The van der Waals surface area contributed by atoms with Crippen LogP contribution in [0, 0.1) is 0 Å². The van der Waals surface area contributed by atoms with Gasteiger partial charge in [-0.2, -0.15) is 0 Å². The summed E-state index contributed by atoms with van der Waals surface area (Å²) in [5, 5.41) is 8.88. The van der Waals surface area contributed by atoms with Gasteiger partial charge in [-0.1, -0.05) is 32.7 Å². The maximum Gasteiger partial charge on any atom is 0.0861 e. The van der Waals surface area contributed by atoms with E-state index in [2.05, 4.69) is 26.2 Å². The van der Waals surface area contributed by atoms with Crippen LogP contribution in [0.3, 0.4) is 0 Å². The number of halogens is 2. The molecule has 0 radical (unpaired) electrons. The van der Waals surface area contributed by atoms with Gasteiger partial charge in [-0.25, -0.2) is 4.68 Å². The van der Waals surface area contributed by atoms with E-state index in [0.717, 1.165) is 35.1 Å². The van der Waals surface area contributed by atoms with Gasteiger partial charge in [0.25, 0.3) is 0 Å². The molecule has 2 N–H and O–H groups in total. The van der Waals surface area contributed by atoms with Crippen LogP contribution in [-0.2, 0) is 6.42 Å². The van der Waals surface area contributed by atoms with E-state index in [1.165, 1.54) is 0 Å². The van der Waals surface area contributed by atoms with Crippen LogP contribution in [0.5, 0.6) is 0 Å². The van der Waals surface area contributed by atoms with Gasteiger partial charge in [-0.3, -0.25) is 0 Å². The van der Waals surface area contributed by atoms with Crippen molar-refractivity contribution in [2.75, 3.05) is 6.54 Å². The van der Waals surface area contributed by atoms with Crippen LogP contribution in [0.25, 0.3) is 5.69 Å². The van der Waals surface area contributed by atoms with Crippen LogP contribution >= 0.6 is 27.5 Å². The Hall–Kier alpha value is -0.910. The maximum atomic E-state index is 6.14. The summed E-state index contributed by atoms with van der Waals surface area (Å²) in [4.78, 5) is 0.